The third-order valence-corrected chi connectivity index (χ3v) is 4.90. The van der Waals surface area contributed by atoms with Crippen molar-refractivity contribution in [1.82, 2.24) is 9.88 Å². The van der Waals surface area contributed by atoms with Gasteiger partial charge in [0.25, 0.3) is 0 Å². The highest BCUT2D eigenvalue weighted by Gasteiger charge is 2.22. The van der Waals surface area contributed by atoms with E-state index in [-0.39, 0.29) is 11.8 Å². The first kappa shape index (κ1) is 13.9. The topological polar surface area (TPSA) is 36.4 Å². The van der Waals surface area contributed by atoms with Gasteiger partial charge in [-0.15, -0.1) is 11.6 Å². The number of piperazine rings is 1. The van der Waals surface area contributed by atoms with E-state index >= 15 is 0 Å². The van der Waals surface area contributed by atoms with Crippen molar-refractivity contribution in [2.45, 2.75) is 0 Å². The van der Waals surface area contributed by atoms with Crippen LogP contribution in [-0.4, -0.2) is 47.9 Å². The molecule has 0 radical (unpaired) electrons. The lowest BCUT2D eigenvalue weighted by Crippen LogP contribution is -2.49. The van der Waals surface area contributed by atoms with Crippen LogP contribution in [0.2, 0.25) is 5.02 Å². The maximum atomic E-state index is 11.5. The van der Waals surface area contributed by atoms with E-state index in [1.165, 1.54) is 0 Å². The maximum absolute atomic E-state index is 11.5. The van der Waals surface area contributed by atoms with Crippen LogP contribution in [0.4, 0.5) is 5.13 Å². The fraction of sp³-hybridized carbons (Fsp3) is 0.385. The van der Waals surface area contributed by atoms with Gasteiger partial charge in [0.1, 0.15) is 5.88 Å². The third-order valence-electron chi connectivity index (χ3n) is 3.36. The minimum Gasteiger partial charge on any atom is -0.345 e. The standard InChI is InChI=1S/C13H13Cl2N3OS/c14-8-12(19)17-3-5-18(6-4-17)13-16-10-2-1-9(15)7-11(10)20-13/h1-2,7H,3-6,8H2. The number of fused-ring (bicyclic) bond motifs is 1. The fourth-order valence-corrected chi connectivity index (χ4v) is 3.72. The van der Waals surface area contributed by atoms with Gasteiger partial charge in [0.15, 0.2) is 5.13 Å². The molecule has 2 aromatic rings. The number of benzene rings is 1. The maximum Gasteiger partial charge on any atom is 0.237 e. The minimum absolute atomic E-state index is 0.00222. The fourth-order valence-electron chi connectivity index (χ4n) is 2.25. The Morgan fingerprint density at radius 1 is 1.30 bits per heavy atom. The Hall–Kier alpha value is -1.04. The van der Waals surface area contributed by atoms with Crippen molar-refractivity contribution in [3.8, 4) is 0 Å². The van der Waals surface area contributed by atoms with Crippen LogP contribution >= 0.6 is 34.5 Å². The third kappa shape index (κ3) is 2.71. The lowest BCUT2D eigenvalue weighted by atomic mass is 10.3. The van der Waals surface area contributed by atoms with Crippen molar-refractivity contribution in [3.05, 3.63) is 23.2 Å². The summed E-state index contributed by atoms with van der Waals surface area (Å²) in [7, 11) is 0. The zero-order valence-corrected chi connectivity index (χ0v) is 13.0. The van der Waals surface area contributed by atoms with Gasteiger partial charge in [-0.3, -0.25) is 4.79 Å². The van der Waals surface area contributed by atoms with E-state index in [1.807, 2.05) is 18.2 Å². The molecule has 0 spiro atoms. The van der Waals surface area contributed by atoms with Gasteiger partial charge >= 0.3 is 0 Å². The molecule has 1 aromatic heterocycles. The van der Waals surface area contributed by atoms with Crippen LogP contribution in [0.25, 0.3) is 10.2 Å². The molecule has 0 aliphatic carbocycles. The summed E-state index contributed by atoms with van der Waals surface area (Å²) in [6.45, 7) is 2.97. The average molecular weight is 330 g/mol. The summed E-state index contributed by atoms with van der Waals surface area (Å²) >= 11 is 13.2. The van der Waals surface area contributed by atoms with Crippen molar-refractivity contribution < 1.29 is 4.79 Å². The number of aromatic nitrogens is 1. The van der Waals surface area contributed by atoms with Crippen molar-refractivity contribution in [3.63, 3.8) is 0 Å². The molecule has 1 amide bonds. The second kappa shape index (κ2) is 5.76. The molecular weight excluding hydrogens is 317 g/mol. The molecule has 0 unspecified atom stereocenters. The van der Waals surface area contributed by atoms with Gasteiger partial charge < -0.3 is 9.80 Å². The molecule has 0 N–H and O–H groups in total. The molecule has 0 saturated carbocycles. The number of carbonyl (C=O) groups excluding carboxylic acids is 1. The molecule has 106 valence electrons. The number of rotatable bonds is 2. The Kier molecular flexibility index (Phi) is 4.01. The van der Waals surface area contributed by atoms with Gasteiger partial charge in [-0.1, -0.05) is 22.9 Å². The highest BCUT2D eigenvalue weighted by atomic mass is 35.5. The monoisotopic (exact) mass is 329 g/mol. The van der Waals surface area contributed by atoms with Gasteiger partial charge in [0.2, 0.25) is 5.91 Å². The normalized spacial score (nSPS) is 15.9. The van der Waals surface area contributed by atoms with Gasteiger partial charge in [0, 0.05) is 31.2 Å². The number of carbonyl (C=O) groups is 1. The van der Waals surface area contributed by atoms with Crippen molar-refractivity contribution in [2.75, 3.05) is 37.0 Å². The number of hydrogen-bond donors (Lipinski definition) is 0. The molecule has 1 aliphatic rings. The van der Waals surface area contributed by atoms with Crippen LogP contribution in [0.3, 0.4) is 0 Å². The van der Waals surface area contributed by atoms with Gasteiger partial charge in [0.05, 0.1) is 10.2 Å². The van der Waals surface area contributed by atoms with Crippen LogP contribution in [0.1, 0.15) is 0 Å². The van der Waals surface area contributed by atoms with E-state index in [0.717, 1.165) is 33.5 Å². The first-order chi connectivity index (χ1) is 9.67. The first-order valence-corrected chi connectivity index (χ1v) is 8.05. The molecule has 0 atom stereocenters. The highest BCUT2D eigenvalue weighted by molar-refractivity contribution is 7.22. The summed E-state index contributed by atoms with van der Waals surface area (Å²) in [4.78, 5) is 20.2. The van der Waals surface area contributed by atoms with Crippen LogP contribution < -0.4 is 4.90 Å². The van der Waals surface area contributed by atoms with E-state index in [4.69, 9.17) is 23.2 Å². The van der Waals surface area contributed by atoms with E-state index in [1.54, 1.807) is 16.2 Å². The number of anilines is 1. The average Bonchev–Trinajstić information content (AvgIpc) is 2.89. The lowest BCUT2D eigenvalue weighted by Gasteiger charge is -2.34. The summed E-state index contributed by atoms with van der Waals surface area (Å²) in [6.07, 6.45) is 0. The van der Waals surface area contributed by atoms with Crippen LogP contribution in [0.15, 0.2) is 18.2 Å². The molecule has 4 nitrogen and oxygen atoms in total. The number of amides is 1. The molecule has 3 rings (SSSR count). The summed E-state index contributed by atoms with van der Waals surface area (Å²) in [6, 6.07) is 5.72. The summed E-state index contributed by atoms with van der Waals surface area (Å²) < 4.78 is 1.09. The van der Waals surface area contributed by atoms with Crippen molar-refractivity contribution in [2.24, 2.45) is 0 Å². The number of nitrogens with zero attached hydrogens (tertiary/aromatic N) is 3. The summed E-state index contributed by atoms with van der Waals surface area (Å²) in [5, 5.41) is 1.71. The largest absolute Gasteiger partial charge is 0.345 e. The smallest absolute Gasteiger partial charge is 0.237 e. The van der Waals surface area contributed by atoms with Crippen molar-refractivity contribution in [1.29, 1.82) is 0 Å². The van der Waals surface area contributed by atoms with Crippen LogP contribution in [0.5, 0.6) is 0 Å². The highest BCUT2D eigenvalue weighted by Crippen LogP contribution is 2.31. The molecule has 2 heterocycles. The Morgan fingerprint density at radius 2 is 2.05 bits per heavy atom. The quantitative estimate of drug-likeness (QED) is 0.795. The Morgan fingerprint density at radius 3 is 2.75 bits per heavy atom. The van der Waals surface area contributed by atoms with Gasteiger partial charge in [-0.25, -0.2) is 4.98 Å². The van der Waals surface area contributed by atoms with E-state index in [2.05, 4.69) is 9.88 Å². The summed E-state index contributed by atoms with van der Waals surface area (Å²) in [5.41, 5.74) is 0.966. The number of thiazole rings is 1. The molecule has 7 heteroatoms. The molecule has 1 aromatic carbocycles. The van der Waals surface area contributed by atoms with E-state index in [9.17, 15) is 4.79 Å². The zero-order chi connectivity index (χ0) is 14.1. The van der Waals surface area contributed by atoms with Crippen molar-refractivity contribution >= 4 is 55.8 Å². The number of alkyl halides is 1. The minimum atomic E-state index is 0.00222. The molecule has 1 aliphatic heterocycles. The lowest BCUT2D eigenvalue weighted by molar-refractivity contribution is -0.128. The number of halogens is 2. The molecule has 20 heavy (non-hydrogen) atoms. The van der Waals surface area contributed by atoms with Crippen LogP contribution in [0, 0.1) is 0 Å². The predicted octanol–water partition coefficient (Wildman–Crippen LogP) is 2.84. The molecule has 1 saturated heterocycles. The van der Waals surface area contributed by atoms with Gasteiger partial charge in [-0.05, 0) is 18.2 Å². The second-order valence-electron chi connectivity index (χ2n) is 4.61. The molecular formula is C13H13Cl2N3OS. The Labute approximate surface area is 130 Å². The zero-order valence-electron chi connectivity index (χ0n) is 10.7. The first-order valence-electron chi connectivity index (χ1n) is 6.32. The van der Waals surface area contributed by atoms with Crippen LogP contribution in [-0.2, 0) is 4.79 Å². The predicted molar refractivity (Wildman–Crippen MR) is 84.1 cm³/mol. The Balaban J connectivity index is 1.75. The van der Waals surface area contributed by atoms with E-state index in [0.29, 0.717) is 13.1 Å². The van der Waals surface area contributed by atoms with Gasteiger partial charge in [-0.2, -0.15) is 0 Å². The number of hydrogen-bond acceptors (Lipinski definition) is 4. The molecule has 1 fully saturated rings. The van der Waals surface area contributed by atoms with E-state index < -0.39 is 0 Å². The molecule has 0 bridgehead atoms. The Bertz CT molecular complexity index is 638. The summed E-state index contributed by atoms with van der Waals surface area (Å²) in [5.74, 6) is 0.0574. The second-order valence-corrected chi connectivity index (χ2v) is 6.32. The SMILES string of the molecule is O=C(CCl)N1CCN(c2nc3ccc(Cl)cc3s2)CC1.